The Labute approximate surface area is 203 Å². The fourth-order valence-corrected chi connectivity index (χ4v) is 6.33. The van der Waals surface area contributed by atoms with Crippen LogP contribution in [-0.2, 0) is 23.1 Å². The highest BCUT2D eigenvalue weighted by molar-refractivity contribution is 7.54. The van der Waals surface area contributed by atoms with Gasteiger partial charge in [0.2, 0.25) is 0 Å². The number of hydrogen-bond donors (Lipinski definition) is 6. The number of amides is 2. The summed E-state index contributed by atoms with van der Waals surface area (Å²) in [5.41, 5.74) is 0.311. The molecule has 2 saturated heterocycles. The first-order valence-corrected chi connectivity index (χ1v) is 12.9. The molecule has 16 nitrogen and oxygen atoms in total. The monoisotopic (exact) mass is 528 g/mol. The van der Waals surface area contributed by atoms with E-state index in [-0.39, 0.29) is 23.0 Å². The van der Waals surface area contributed by atoms with E-state index in [1.54, 1.807) is 0 Å². The molecule has 3 unspecified atom stereocenters. The molecule has 1 saturated carbocycles. The number of carbonyl (C=O) groups is 2. The number of carboxylic acids is 1. The molecule has 5 rings (SSSR count). The molecule has 2 aliphatic heterocycles. The third-order valence-corrected chi connectivity index (χ3v) is 8.40. The van der Waals surface area contributed by atoms with Crippen molar-refractivity contribution in [2.45, 2.75) is 68.2 Å². The predicted octanol–water partition coefficient (Wildman–Crippen LogP) is -0.479. The minimum atomic E-state index is -4.40. The summed E-state index contributed by atoms with van der Waals surface area (Å²) in [6, 6.07) is -0.370. The van der Waals surface area contributed by atoms with Crippen LogP contribution < -0.4 is 10.6 Å². The Balaban J connectivity index is 1.34. The molecular weight excluding hydrogens is 503 g/mol. The van der Waals surface area contributed by atoms with E-state index in [2.05, 4.69) is 25.6 Å². The number of nitrogens with zero attached hydrogens (tertiary/aromatic N) is 4. The van der Waals surface area contributed by atoms with E-state index in [0.29, 0.717) is 0 Å². The van der Waals surface area contributed by atoms with Crippen LogP contribution in [0, 0.1) is 0 Å². The molecule has 2 amide bonds. The smallest absolute Gasteiger partial charge is 0.362 e. The van der Waals surface area contributed by atoms with Crippen molar-refractivity contribution in [3.05, 3.63) is 12.7 Å². The first kappa shape index (κ1) is 25.0. The highest BCUT2D eigenvalue weighted by Crippen LogP contribution is 2.59. The van der Waals surface area contributed by atoms with Gasteiger partial charge in [0.05, 0.1) is 12.9 Å². The molecule has 2 aromatic heterocycles. The number of carboxylic acid groups (broad SMARTS) is 1. The maximum atomic E-state index is 12.8. The van der Waals surface area contributed by atoms with Gasteiger partial charge in [0, 0.05) is 6.04 Å². The van der Waals surface area contributed by atoms with Crippen molar-refractivity contribution in [2.24, 2.45) is 0 Å². The van der Waals surface area contributed by atoms with E-state index >= 15 is 0 Å². The predicted molar refractivity (Wildman–Crippen MR) is 118 cm³/mol. The fourth-order valence-electron chi connectivity index (χ4n) is 4.54. The molecule has 1 aliphatic carbocycles. The molecule has 17 heteroatoms. The summed E-state index contributed by atoms with van der Waals surface area (Å²) >= 11 is 0. The summed E-state index contributed by atoms with van der Waals surface area (Å²) in [5.74, 6) is -3.41. The summed E-state index contributed by atoms with van der Waals surface area (Å²) in [6.45, 7) is -0.564. The summed E-state index contributed by atoms with van der Waals surface area (Å²) < 4.78 is 29.5. The first-order valence-electron chi connectivity index (χ1n) is 11.3. The Hall–Kier alpha value is -2.72. The van der Waals surface area contributed by atoms with Gasteiger partial charge < -0.3 is 35.0 Å². The number of fused-ring (bicyclic) bond motifs is 1. The molecule has 6 N–H and O–H groups in total. The van der Waals surface area contributed by atoms with Crippen LogP contribution >= 0.6 is 7.60 Å². The number of aliphatic carboxylic acids is 1. The summed E-state index contributed by atoms with van der Waals surface area (Å²) in [5, 5.41) is 46.2. The summed E-state index contributed by atoms with van der Waals surface area (Å²) in [6.07, 6.45) is -1.65. The van der Waals surface area contributed by atoms with Gasteiger partial charge in [0.1, 0.15) is 24.6 Å². The van der Waals surface area contributed by atoms with E-state index in [4.69, 9.17) is 18.9 Å². The van der Waals surface area contributed by atoms with Gasteiger partial charge in [-0.1, -0.05) is 12.8 Å². The number of aliphatic hydroxyl groups is 3. The Morgan fingerprint density at radius 1 is 1.17 bits per heavy atom. The number of carbonyl (C=O) groups excluding carboxylic acids is 1. The van der Waals surface area contributed by atoms with E-state index < -0.39 is 62.7 Å². The second kappa shape index (κ2) is 9.63. The number of anilines is 1. The minimum absolute atomic E-state index is 0.0810. The van der Waals surface area contributed by atoms with Gasteiger partial charge in [0.25, 0.3) is 0 Å². The lowest BCUT2D eigenvalue weighted by Crippen LogP contribution is -2.38. The normalized spacial score (nSPS) is 33.7. The molecule has 3 fully saturated rings. The lowest BCUT2D eigenvalue weighted by Gasteiger charge is -2.24. The molecule has 4 heterocycles. The van der Waals surface area contributed by atoms with Crippen molar-refractivity contribution in [1.82, 2.24) is 24.8 Å². The van der Waals surface area contributed by atoms with E-state index in [0.717, 1.165) is 25.7 Å². The van der Waals surface area contributed by atoms with Gasteiger partial charge in [0.15, 0.2) is 35.2 Å². The number of aromatic nitrogens is 4. The van der Waals surface area contributed by atoms with Crippen molar-refractivity contribution < 1.29 is 48.4 Å². The van der Waals surface area contributed by atoms with E-state index in [1.807, 2.05) is 0 Å². The SMILES string of the molecule is O=C(Nc1ncnc2c1ncn2[C@@H]1O[C@H](C(O)P2(=O)OCC(C(=O)O)O2)[C@@H](O)[C@H]1O)NC1CCCC1. The minimum Gasteiger partial charge on any atom is -0.479 e. The third-order valence-electron chi connectivity index (χ3n) is 6.40. The van der Waals surface area contributed by atoms with Crippen LogP contribution in [0.15, 0.2) is 12.7 Å². The van der Waals surface area contributed by atoms with Crippen LogP contribution in [0.2, 0.25) is 0 Å². The molecule has 0 aromatic carbocycles. The van der Waals surface area contributed by atoms with Gasteiger partial charge in [-0.2, -0.15) is 0 Å². The largest absolute Gasteiger partial charge is 0.479 e. The zero-order chi connectivity index (χ0) is 25.6. The summed E-state index contributed by atoms with van der Waals surface area (Å²) in [4.78, 5) is 35.8. The molecule has 7 atom stereocenters. The summed E-state index contributed by atoms with van der Waals surface area (Å²) in [7, 11) is -4.40. The first-order chi connectivity index (χ1) is 17.2. The number of urea groups is 1. The van der Waals surface area contributed by atoms with E-state index in [1.165, 1.54) is 17.2 Å². The van der Waals surface area contributed by atoms with Crippen molar-refractivity contribution in [3.63, 3.8) is 0 Å². The molecule has 3 aliphatic rings. The van der Waals surface area contributed by atoms with Crippen molar-refractivity contribution >= 4 is 36.6 Å². The zero-order valence-electron chi connectivity index (χ0n) is 18.7. The highest BCUT2D eigenvalue weighted by Gasteiger charge is 2.56. The lowest BCUT2D eigenvalue weighted by atomic mass is 10.1. The Morgan fingerprint density at radius 2 is 1.92 bits per heavy atom. The Bertz CT molecular complexity index is 1200. The number of imidazole rings is 1. The second-order valence-corrected chi connectivity index (χ2v) is 10.9. The average Bonchev–Trinajstić information content (AvgIpc) is 3.63. The number of aliphatic hydroxyl groups excluding tert-OH is 3. The molecule has 196 valence electrons. The third kappa shape index (κ3) is 4.45. The molecule has 36 heavy (non-hydrogen) atoms. The number of ether oxygens (including phenoxy) is 1. The van der Waals surface area contributed by atoms with Crippen LogP contribution in [0.3, 0.4) is 0 Å². The Kier molecular flexibility index (Phi) is 6.67. The molecule has 0 spiro atoms. The van der Waals surface area contributed by atoms with Crippen LogP contribution in [0.5, 0.6) is 0 Å². The molecule has 2 aromatic rings. The van der Waals surface area contributed by atoms with Crippen molar-refractivity contribution in [1.29, 1.82) is 0 Å². The standard InChI is InChI=1S/C19H25N6O10P/c26-11-12(27)16(34-13(11)18(30)36(32)33-5-9(35-36)17(28)29)25-7-22-10-14(20-6-21-15(10)25)24-19(31)23-8-3-1-2-4-8/h6-9,11-13,16,18,26-27,30H,1-5H2,(H,28,29)(H2,20,21,23,24,31)/t9?,11-,12+,13-,16+,18?,36?/m0/s1. The van der Waals surface area contributed by atoms with Crippen molar-refractivity contribution in [3.8, 4) is 0 Å². The van der Waals surface area contributed by atoms with Crippen LogP contribution in [0.25, 0.3) is 11.2 Å². The van der Waals surface area contributed by atoms with Gasteiger partial charge in [-0.05, 0) is 12.8 Å². The second-order valence-electron chi connectivity index (χ2n) is 8.78. The van der Waals surface area contributed by atoms with Gasteiger partial charge in [-0.15, -0.1) is 0 Å². The molecule has 0 radical (unpaired) electrons. The average molecular weight is 528 g/mol. The maximum Gasteiger partial charge on any atom is 0.362 e. The topological polar surface area (TPSA) is 227 Å². The van der Waals surface area contributed by atoms with Crippen molar-refractivity contribution in [2.75, 3.05) is 11.9 Å². The molecule has 0 bridgehead atoms. The number of nitrogens with one attached hydrogen (secondary N) is 2. The van der Waals surface area contributed by atoms with Gasteiger partial charge >= 0.3 is 19.6 Å². The van der Waals surface area contributed by atoms with Crippen LogP contribution in [-0.4, -0.2) is 94.9 Å². The van der Waals surface area contributed by atoms with Crippen LogP contribution in [0.1, 0.15) is 31.9 Å². The van der Waals surface area contributed by atoms with Gasteiger partial charge in [-0.25, -0.2) is 24.5 Å². The van der Waals surface area contributed by atoms with E-state index in [9.17, 15) is 29.5 Å². The zero-order valence-corrected chi connectivity index (χ0v) is 19.6. The van der Waals surface area contributed by atoms with Gasteiger partial charge in [-0.3, -0.25) is 19.0 Å². The lowest BCUT2D eigenvalue weighted by molar-refractivity contribution is -0.144. The van der Waals surface area contributed by atoms with Crippen LogP contribution in [0.4, 0.5) is 10.6 Å². The maximum absolute atomic E-state index is 12.8. The molecular formula is C19H25N6O10P. The number of rotatable bonds is 6. The number of hydrogen-bond acceptors (Lipinski definition) is 12. The fraction of sp³-hybridized carbons (Fsp3) is 0.632. The Morgan fingerprint density at radius 3 is 2.61 bits per heavy atom. The highest BCUT2D eigenvalue weighted by atomic mass is 31.2. The quantitative estimate of drug-likeness (QED) is 0.261.